The highest BCUT2D eigenvalue weighted by Gasteiger charge is 2.12. The van der Waals surface area contributed by atoms with Crippen LogP contribution in [0, 0.1) is 0 Å². The van der Waals surface area contributed by atoms with Crippen molar-refractivity contribution < 1.29 is 14.3 Å². The maximum Gasteiger partial charge on any atom is 0.261 e. The van der Waals surface area contributed by atoms with Gasteiger partial charge in [0.2, 0.25) is 5.91 Å². The van der Waals surface area contributed by atoms with Crippen LogP contribution in [-0.4, -0.2) is 31.6 Å². The summed E-state index contributed by atoms with van der Waals surface area (Å²) in [5, 5.41) is 6.10. The third-order valence-corrected chi connectivity index (χ3v) is 2.92. The first-order valence-electron chi connectivity index (χ1n) is 5.20. The van der Waals surface area contributed by atoms with Crippen LogP contribution in [0.1, 0.15) is 23.5 Å². The molecule has 94 valence electrons. The number of carbonyl (C=O) groups is 2. The first kappa shape index (κ1) is 13.7. The molecule has 1 heterocycles. The topological polar surface area (TPSA) is 67.4 Å². The predicted molar refractivity (Wildman–Crippen MR) is 67.4 cm³/mol. The Balaban J connectivity index is 2.57. The highest BCUT2D eigenvalue weighted by molar-refractivity contribution is 7.18. The summed E-state index contributed by atoms with van der Waals surface area (Å²) in [6.45, 7) is 3.76. The van der Waals surface area contributed by atoms with E-state index in [1.165, 1.54) is 18.3 Å². The Labute approximate surface area is 104 Å². The van der Waals surface area contributed by atoms with Gasteiger partial charge >= 0.3 is 0 Å². The Hall–Kier alpha value is -1.40. The highest BCUT2D eigenvalue weighted by atomic mass is 32.1. The SMILES string of the molecule is COCC(C)NC(=O)c1ccc(NC(C)=O)s1. The van der Waals surface area contributed by atoms with Gasteiger partial charge in [0.25, 0.3) is 5.91 Å². The Morgan fingerprint density at radius 2 is 2.18 bits per heavy atom. The normalized spacial score (nSPS) is 11.9. The lowest BCUT2D eigenvalue weighted by atomic mass is 10.3. The van der Waals surface area contributed by atoms with Crippen molar-refractivity contribution in [3.63, 3.8) is 0 Å². The minimum absolute atomic E-state index is 0.0428. The average Bonchev–Trinajstić information content (AvgIpc) is 2.65. The molecule has 1 unspecified atom stereocenters. The van der Waals surface area contributed by atoms with Gasteiger partial charge in [0.15, 0.2) is 0 Å². The molecule has 1 atom stereocenters. The second-order valence-electron chi connectivity index (χ2n) is 3.67. The number of hydrogen-bond donors (Lipinski definition) is 2. The van der Waals surface area contributed by atoms with Gasteiger partial charge in [-0.3, -0.25) is 9.59 Å². The van der Waals surface area contributed by atoms with Gasteiger partial charge in [-0.15, -0.1) is 11.3 Å². The number of rotatable bonds is 5. The standard InChI is InChI=1S/C11H16N2O3S/c1-7(6-16-3)12-11(15)9-4-5-10(17-9)13-8(2)14/h4-5,7H,6H2,1-3H3,(H,12,15)(H,13,14). The molecule has 0 saturated carbocycles. The summed E-state index contributed by atoms with van der Waals surface area (Å²) >= 11 is 1.24. The van der Waals surface area contributed by atoms with Crippen molar-refractivity contribution >= 4 is 28.2 Å². The number of methoxy groups -OCH3 is 1. The van der Waals surface area contributed by atoms with E-state index < -0.39 is 0 Å². The molecular formula is C11H16N2O3S. The van der Waals surface area contributed by atoms with E-state index in [2.05, 4.69) is 10.6 Å². The lowest BCUT2D eigenvalue weighted by Crippen LogP contribution is -2.35. The van der Waals surface area contributed by atoms with E-state index in [0.717, 1.165) is 0 Å². The zero-order valence-electron chi connectivity index (χ0n) is 10.1. The van der Waals surface area contributed by atoms with Gasteiger partial charge < -0.3 is 15.4 Å². The lowest BCUT2D eigenvalue weighted by molar-refractivity contribution is -0.114. The van der Waals surface area contributed by atoms with Gasteiger partial charge in [-0.25, -0.2) is 0 Å². The molecule has 0 fully saturated rings. The number of anilines is 1. The number of carbonyl (C=O) groups excluding carboxylic acids is 2. The van der Waals surface area contributed by atoms with Crippen LogP contribution in [0.15, 0.2) is 12.1 Å². The van der Waals surface area contributed by atoms with E-state index in [1.54, 1.807) is 19.2 Å². The molecule has 2 amide bonds. The van der Waals surface area contributed by atoms with E-state index in [4.69, 9.17) is 4.74 Å². The van der Waals surface area contributed by atoms with E-state index >= 15 is 0 Å². The van der Waals surface area contributed by atoms with Crippen LogP contribution in [0.3, 0.4) is 0 Å². The van der Waals surface area contributed by atoms with Crippen molar-refractivity contribution in [1.29, 1.82) is 0 Å². The molecule has 2 N–H and O–H groups in total. The molecule has 0 aromatic carbocycles. The van der Waals surface area contributed by atoms with Crippen molar-refractivity contribution in [3.05, 3.63) is 17.0 Å². The summed E-state index contributed by atoms with van der Waals surface area (Å²) in [6.07, 6.45) is 0. The van der Waals surface area contributed by atoms with Gasteiger partial charge in [0, 0.05) is 20.1 Å². The molecule has 0 radical (unpaired) electrons. The van der Waals surface area contributed by atoms with Crippen molar-refractivity contribution in [2.75, 3.05) is 19.0 Å². The fourth-order valence-electron chi connectivity index (χ4n) is 1.29. The number of nitrogens with one attached hydrogen (secondary N) is 2. The van der Waals surface area contributed by atoms with Crippen molar-refractivity contribution in [3.8, 4) is 0 Å². The molecule has 0 aliphatic heterocycles. The van der Waals surface area contributed by atoms with Crippen LogP contribution in [0.4, 0.5) is 5.00 Å². The first-order chi connectivity index (χ1) is 8.02. The quantitative estimate of drug-likeness (QED) is 0.838. The Kier molecular flexibility index (Phi) is 5.11. The zero-order chi connectivity index (χ0) is 12.8. The van der Waals surface area contributed by atoms with Gasteiger partial charge in [0.05, 0.1) is 16.5 Å². The third-order valence-electron chi connectivity index (χ3n) is 1.92. The first-order valence-corrected chi connectivity index (χ1v) is 6.01. The second-order valence-corrected chi connectivity index (χ2v) is 4.76. The van der Waals surface area contributed by atoms with E-state index in [-0.39, 0.29) is 17.9 Å². The Morgan fingerprint density at radius 1 is 1.47 bits per heavy atom. The molecular weight excluding hydrogens is 240 g/mol. The molecule has 1 aromatic rings. The maximum atomic E-state index is 11.8. The van der Waals surface area contributed by atoms with Crippen LogP contribution in [0.2, 0.25) is 0 Å². The second kappa shape index (κ2) is 6.36. The monoisotopic (exact) mass is 256 g/mol. The van der Waals surface area contributed by atoms with E-state index in [1.807, 2.05) is 6.92 Å². The summed E-state index contributed by atoms with van der Waals surface area (Å²) in [5.74, 6) is -0.303. The zero-order valence-corrected chi connectivity index (χ0v) is 10.9. The van der Waals surface area contributed by atoms with Crippen LogP contribution < -0.4 is 10.6 Å². The van der Waals surface area contributed by atoms with Gasteiger partial charge in [-0.05, 0) is 19.1 Å². The molecule has 0 aliphatic carbocycles. The largest absolute Gasteiger partial charge is 0.383 e. The number of thiophene rings is 1. The molecule has 0 aliphatic rings. The fourth-order valence-corrected chi connectivity index (χ4v) is 2.14. The number of ether oxygens (including phenoxy) is 1. The number of hydrogen-bond acceptors (Lipinski definition) is 4. The molecule has 1 rings (SSSR count). The summed E-state index contributed by atoms with van der Waals surface area (Å²) < 4.78 is 4.93. The highest BCUT2D eigenvalue weighted by Crippen LogP contribution is 2.21. The van der Waals surface area contributed by atoms with Crippen molar-refractivity contribution in [1.82, 2.24) is 5.32 Å². The lowest BCUT2D eigenvalue weighted by Gasteiger charge is -2.11. The van der Waals surface area contributed by atoms with Crippen LogP contribution >= 0.6 is 11.3 Å². The minimum atomic E-state index is -0.156. The molecule has 17 heavy (non-hydrogen) atoms. The van der Waals surface area contributed by atoms with Gasteiger partial charge in [-0.2, -0.15) is 0 Å². The van der Waals surface area contributed by atoms with Crippen molar-refractivity contribution in [2.45, 2.75) is 19.9 Å². The van der Waals surface area contributed by atoms with Crippen LogP contribution in [-0.2, 0) is 9.53 Å². The maximum absolute atomic E-state index is 11.8. The number of amides is 2. The third kappa shape index (κ3) is 4.54. The Bertz CT molecular complexity index is 403. The van der Waals surface area contributed by atoms with Gasteiger partial charge in [0.1, 0.15) is 0 Å². The summed E-state index contributed by atoms with van der Waals surface area (Å²) in [4.78, 5) is 23.2. The predicted octanol–water partition coefficient (Wildman–Crippen LogP) is 1.47. The summed E-state index contributed by atoms with van der Waals surface area (Å²) in [7, 11) is 1.59. The molecule has 1 aromatic heterocycles. The van der Waals surface area contributed by atoms with Crippen LogP contribution in [0.25, 0.3) is 0 Å². The van der Waals surface area contributed by atoms with E-state index in [9.17, 15) is 9.59 Å². The molecule has 0 bridgehead atoms. The molecule has 0 spiro atoms. The average molecular weight is 256 g/mol. The molecule has 5 nitrogen and oxygen atoms in total. The van der Waals surface area contributed by atoms with E-state index in [0.29, 0.717) is 16.5 Å². The fraction of sp³-hybridized carbons (Fsp3) is 0.455. The van der Waals surface area contributed by atoms with Crippen molar-refractivity contribution in [2.24, 2.45) is 0 Å². The smallest absolute Gasteiger partial charge is 0.261 e. The summed E-state index contributed by atoms with van der Waals surface area (Å²) in [6, 6.07) is 3.35. The van der Waals surface area contributed by atoms with Gasteiger partial charge in [-0.1, -0.05) is 0 Å². The molecule has 6 heteroatoms. The summed E-state index contributed by atoms with van der Waals surface area (Å²) in [5.41, 5.74) is 0. The molecule has 0 saturated heterocycles. The Morgan fingerprint density at radius 3 is 2.76 bits per heavy atom. The van der Waals surface area contributed by atoms with Crippen LogP contribution in [0.5, 0.6) is 0 Å². The minimum Gasteiger partial charge on any atom is -0.383 e.